The molecule has 0 bridgehead atoms. The molecule has 1 aliphatic heterocycles. The first kappa shape index (κ1) is 15.0. The summed E-state index contributed by atoms with van der Waals surface area (Å²) in [5.74, 6) is -0.674. The predicted molar refractivity (Wildman–Crippen MR) is 77.5 cm³/mol. The van der Waals surface area contributed by atoms with Crippen molar-refractivity contribution in [3.63, 3.8) is 0 Å². The maximum absolute atomic E-state index is 11.9. The molecule has 20 heavy (non-hydrogen) atoms. The molecule has 5 nitrogen and oxygen atoms in total. The molecule has 1 aromatic heterocycles. The molecule has 1 aromatic rings. The smallest absolute Gasteiger partial charge is 0.324 e. The molecule has 2 heterocycles. The summed E-state index contributed by atoms with van der Waals surface area (Å²) in [6.07, 6.45) is 7.21. The van der Waals surface area contributed by atoms with Crippen LogP contribution in [0.4, 0.5) is 0 Å². The fourth-order valence-electron chi connectivity index (χ4n) is 3.43. The molecule has 1 aliphatic rings. The standard InChI is InChI=1S/C15H25N3O2/c1-4-7-15(14(19)20)8-6-9-18(15)12(3)13-10-16-17(5-2)11-13/h10-12H,4-9H2,1-3H3,(H,19,20). The fourth-order valence-corrected chi connectivity index (χ4v) is 3.43. The van der Waals surface area contributed by atoms with Crippen molar-refractivity contribution in [2.75, 3.05) is 6.54 Å². The molecule has 1 N–H and O–H groups in total. The van der Waals surface area contributed by atoms with E-state index in [-0.39, 0.29) is 6.04 Å². The Morgan fingerprint density at radius 2 is 2.30 bits per heavy atom. The van der Waals surface area contributed by atoms with Gasteiger partial charge in [0.05, 0.1) is 6.20 Å². The van der Waals surface area contributed by atoms with Gasteiger partial charge in [0.1, 0.15) is 5.54 Å². The maximum Gasteiger partial charge on any atom is 0.324 e. The Labute approximate surface area is 120 Å². The van der Waals surface area contributed by atoms with Crippen molar-refractivity contribution < 1.29 is 9.90 Å². The second kappa shape index (κ2) is 5.95. The van der Waals surface area contributed by atoms with Crippen LogP contribution in [-0.2, 0) is 11.3 Å². The molecule has 2 rings (SSSR count). The van der Waals surface area contributed by atoms with Gasteiger partial charge in [0, 0.05) is 24.3 Å². The van der Waals surface area contributed by atoms with Gasteiger partial charge in [-0.05, 0) is 39.7 Å². The largest absolute Gasteiger partial charge is 0.480 e. The summed E-state index contributed by atoms with van der Waals surface area (Å²) < 4.78 is 1.89. The third kappa shape index (κ3) is 2.46. The number of carbonyl (C=O) groups is 1. The Bertz CT molecular complexity index is 471. The maximum atomic E-state index is 11.9. The fraction of sp³-hybridized carbons (Fsp3) is 0.733. The summed E-state index contributed by atoms with van der Waals surface area (Å²) in [6.45, 7) is 7.89. The van der Waals surface area contributed by atoms with E-state index in [0.29, 0.717) is 6.42 Å². The van der Waals surface area contributed by atoms with Crippen LogP contribution >= 0.6 is 0 Å². The minimum absolute atomic E-state index is 0.0976. The second-order valence-corrected chi connectivity index (χ2v) is 5.69. The summed E-state index contributed by atoms with van der Waals surface area (Å²) >= 11 is 0. The van der Waals surface area contributed by atoms with Gasteiger partial charge < -0.3 is 5.11 Å². The van der Waals surface area contributed by atoms with Gasteiger partial charge in [-0.2, -0.15) is 5.10 Å². The minimum atomic E-state index is -0.692. The Kier molecular flexibility index (Phi) is 4.48. The number of carboxylic acid groups (broad SMARTS) is 1. The lowest BCUT2D eigenvalue weighted by molar-refractivity contribution is -0.151. The molecule has 1 fully saturated rings. The predicted octanol–water partition coefficient (Wildman–Crippen LogP) is 2.68. The molecule has 0 radical (unpaired) electrons. The van der Waals surface area contributed by atoms with Crippen LogP contribution in [0.5, 0.6) is 0 Å². The topological polar surface area (TPSA) is 58.4 Å². The molecule has 2 atom stereocenters. The van der Waals surface area contributed by atoms with Gasteiger partial charge in [-0.1, -0.05) is 13.3 Å². The van der Waals surface area contributed by atoms with E-state index in [4.69, 9.17) is 0 Å². The minimum Gasteiger partial charge on any atom is -0.480 e. The first-order valence-corrected chi connectivity index (χ1v) is 7.57. The summed E-state index contributed by atoms with van der Waals surface area (Å²) in [4.78, 5) is 14.0. The molecule has 2 unspecified atom stereocenters. The molecule has 112 valence electrons. The van der Waals surface area contributed by atoms with Gasteiger partial charge in [0.25, 0.3) is 0 Å². The number of aliphatic carboxylic acids is 1. The van der Waals surface area contributed by atoms with E-state index in [1.54, 1.807) is 0 Å². The third-order valence-electron chi connectivity index (χ3n) is 4.53. The van der Waals surface area contributed by atoms with Crippen molar-refractivity contribution in [1.29, 1.82) is 0 Å². The Morgan fingerprint density at radius 3 is 2.85 bits per heavy atom. The molecule has 5 heteroatoms. The quantitative estimate of drug-likeness (QED) is 0.869. The number of hydrogen-bond acceptors (Lipinski definition) is 3. The highest BCUT2D eigenvalue weighted by Crippen LogP contribution is 2.40. The van der Waals surface area contributed by atoms with E-state index in [9.17, 15) is 9.90 Å². The van der Waals surface area contributed by atoms with Crippen molar-refractivity contribution in [2.45, 2.75) is 64.6 Å². The van der Waals surface area contributed by atoms with E-state index in [2.05, 4.69) is 30.8 Å². The Balaban J connectivity index is 2.26. The Hall–Kier alpha value is -1.36. The summed E-state index contributed by atoms with van der Waals surface area (Å²) in [5.41, 5.74) is 0.415. The molecular weight excluding hydrogens is 254 g/mol. The number of rotatable bonds is 6. The number of aromatic nitrogens is 2. The van der Waals surface area contributed by atoms with Crippen LogP contribution in [0.25, 0.3) is 0 Å². The van der Waals surface area contributed by atoms with Crippen molar-refractivity contribution in [3.05, 3.63) is 18.0 Å². The molecule has 1 saturated heterocycles. The molecule has 0 amide bonds. The summed E-state index contributed by atoms with van der Waals surface area (Å²) in [7, 11) is 0. The normalized spacial score (nSPS) is 24.9. The Morgan fingerprint density at radius 1 is 1.55 bits per heavy atom. The lowest BCUT2D eigenvalue weighted by Crippen LogP contribution is -2.51. The highest BCUT2D eigenvalue weighted by Gasteiger charge is 2.48. The van der Waals surface area contributed by atoms with Gasteiger partial charge >= 0.3 is 5.97 Å². The second-order valence-electron chi connectivity index (χ2n) is 5.69. The van der Waals surface area contributed by atoms with E-state index in [0.717, 1.165) is 37.9 Å². The molecular formula is C15H25N3O2. The zero-order valence-electron chi connectivity index (χ0n) is 12.7. The number of nitrogens with zero attached hydrogens (tertiary/aromatic N) is 3. The average Bonchev–Trinajstić information content (AvgIpc) is 3.05. The van der Waals surface area contributed by atoms with Crippen LogP contribution in [0.15, 0.2) is 12.4 Å². The van der Waals surface area contributed by atoms with Crippen LogP contribution in [0, 0.1) is 0 Å². The van der Waals surface area contributed by atoms with E-state index >= 15 is 0 Å². The van der Waals surface area contributed by atoms with Crippen molar-refractivity contribution >= 4 is 5.97 Å². The summed E-state index contributed by atoms with van der Waals surface area (Å²) in [5, 5.41) is 14.1. The van der Waals surface area contributed by atoms with Crippen LogP contribution in [0.1, 0.15) is 58.1 Å². The van der Waals surface area contributed by atoms with Crippen molar-refractivity contribution in [1.82, 2.24) is 14.7 Å². The SMILES string of the molecule is CCCC1(C(=O)O)CCCN1C(C)c1cnn(CC)c1. The van der Waals surface area contributed by atoms with Crippen LogP contribution in [0.3, 0.4) is 0 Å². The highest BCUT2D eigenvalue weighted by atomic mass is 16.4. The summed E-state index contributed by atoms with van der Waals surface area (Å²) in [6, 6.07) is 0.0976. The number of hydrogen-bond donors (Lipinski definition) is 1. The lowest BCUT2D eigenvalue weighted by Gasteiger charge is -2.38. The highest BCUT2D eigenvalue weighted by molar-refractivity contribution is 5.79. The zero-order valence-corrected chi connectivity index (χ0v) is 12.7. The number of aryl methyl sites for hydroxylation is 1. The first-order chi connectivity index (χ1) is 9.55. The number of likely N-dealkylation sites (tertiary alicyclic amines) is 1. The first-order valence-electron chi connectivity index (χ1n) is 7.57. The van der Waals surface area contributed by atoms with E-state index < -0.39 is 11.5 Å². The van der Waals surface area contributed by atoms with E-state index in [1.165, 1.54) is 0 Å². The molecule has 0 aromatic carbocycles. The van der Waals surface area contributed by atoms with Gasteiger partial charge in [-0.3, -0.25) is 14.4 Å². The van der Waals surface area contributed by atoms with Crippen LogP contribution in [-0.4, -0.2) is 37.8 Å². The van der Waals surface area contributed by atoms with Gasteiger partial charge in [0.15, 0.2) is 0 Å². The molecule has 0 saturated carbocycles. The third-order valence-corrected chi connectivity index (χ3v) is 4.53. The molecule has 0 spiro atoms. The van der Waals surface area contributed by atoms with Crippen molar-refractivity contribution in [2.24, 2.45) is 0 Å². The number of carboxylic acids is 1. The van der Waals surface area contributed by atoms with Crippen LogP contribution in [0.2, 0.25) is 0 Å². The lowest BCUT2D eigenvalue weighted by atomic mass is 9.89. The zero-order chi connectivity index (χ0) is 14.8. The van der Waals surface area contributed by atoms with E-state index in [1.807, 2.05) is 17.1 Å². The monoisotopic (exact) mass is 279 g/mol. The molecule has 0 aliphatic carbocycles. The van der Waals surface area contributed by atoms with Gasteiger partial charge in [0.2, 0.25) is 0 Å². The van der Waals surface area contributed by atoms with Crippen LogP contribution < -0.4 is 0 Å². The van der Waals surface area contributed by atoms with Gasteiger partial charge in [-0.15, -0.1) is 0 Å². The van der Waals surface area contributed by atoms with Gasteiger partial charge in [-0.25, -0.2) is 0 Å². The van der Waals surface area contributed by atoms with Crippen molar-refractivity contribution in [3.8, 4) is 0 Å². The average molecular weight is 279 g/mol.